The number of para-hydroxylation sites is 1. The van der Waals surface area contributed by atoms with Gasteiger partial charge in [0.05, 0.1) is 5.52 Å². The zero-order valence-corrected chi connectivity index (χ0v) is 87.6. The Morgan fingerprint density at radius 3 is 1.49 bits per heavy atom. The van der Waals surface area contributed by atoms with E-state index in [1.54, 1.807) is 11.8 Å². The first-order valence-corrected chi connectivity index (χ1v) is 51.8. The number of nitrogens with zero attached hydrogens (tertiary/aromatic N) is 6. The number of thiophene rings is 1. The third kappa shape index (κ3) is 18.3. The minimum atomic E-state index is -1.14. The molecule has 24 aromatic rings. The summed E-state index contributed by atoms with van der Waals surface area (Å²) in [6, 6.07) is 168. The predicted octanol–water partition coefficient (Wildman–Crippen LogP) is 30.6. The van der Waals surface area contributed by atoms with E-state index < -0.39 is 23.4 Å². The van der Waals surface area contributed by atoms with Gasteiger partial charge in [-0.2, -0.15) is 12.1 Å². The number of carbonyl (C=O) groups excluding carboxylic acids is 1. The number of benzene rings is 18. The molecule has 8 heterocycles. The van der Waals surface area contributed by atoms with Crippen LogP contribution in [-0.2, 0) is 65.7 Å². The van der Waals surface area contributed by atoms with Crippen LogP contribution in [0.15, 0.2) is 471 Å². The van der Waals surface area contributed by atoms with Gasteiger partial charge >= 0.3 is 0 Å². The van der Waals surface area contributed by atoms with Gasteiger partial charge in [0.2, 0.25) is 0 Å². The maximum atomic E-state index is 15.0. The van der Waals surface area contributed by atoms with E-state index in [1.165, 1.54) is 84.8 Å². The van der Waals surface area contributed by atoms with Crippen LogP contribution in [0, 0.1) is 18.2 Å². The van der Waals surface area contributed by atoms with Gasteiger partial charge in [-0.15, -0.1) is 67.2 Å². The van der Waals surface area contributed by atoms with E-state index in [2.05, 4.69) is 347 Å². The molecule has 679 valence electrons. The summed E-state index contributed by atoms with van der Waals surface area (Å²) in [7, 11) is -2.38. The smallest absolute Gasteiger partial charge is 0.193 e. The van der Waals surface area contributed by atoms with Crippen molar-refractivity contribution >= 4 is 148 Å². The molecule has 2 atom stereocenters. The van der Waals surface area contributed by atoms with Gasteiger partial charge in [0.15, 0.2) is 23.3 Å². The second kappa shape index (κ2) is 40.9. The van der Waals surface area contributed by atoms with E-state index in [0.29, 0.717) is 28.6 Å². The summed E-state index contributed by atoms with van der Waals surface area (Å²) in [6.45, 7) is 4.70. The van der Waals surface area contributed by atoms with Gasteiger partial charge in [0.25, 0.3) is 0 Å². The summed E-state index contributed by atoms with van der Waals surface area (Å²) in [5, 5.41) is 21.9. The molecule has 141 heavy (non-hydrogen) atoms. The average Bonchev–Trinajstić information content (AvgIpc) is 1.42. The summed E-state index contributed by atoms with van der Waals surface area (Å²) in [6.07, 6.45) is 3.87. The molecule has 0 saturated heterocycles. The quantitative estimate of drug-likeness (QED) is 0.0604. The van der Waals surface area contributed by atoms with Gasteiger partial charge in [-0.05, 0) is 199 Å². The van der Waals surface area contributed by atoms with E-state index in [4.69, 9.17) is 29.9 Å². The van der Waals surface area contributed by atoms with Gasteiger partial charge in [0.1, 0.15) is 0 Å². The van der Waals surface area contributed by atoms with Gasteiger partial charge in [-0.25, -0.2) is 26.3 Å². The molecule has 15 heteroatoms. The first-order chi connectivity index (χ1) is 68.1. The van der Waals surface area contributed by atoms with Crippen LogP contribution in [0.1, 0.15) is 40.9 Å². The van der Waals surface area contributed by atoms with Crippen molar-refractivity contribution in [3.63, 3.8) is 0 Å². The van der Waals surface area contributed by atoms with Crippen molar-refractivity contribution in [2.45, 2.75) is 29.1 Å². The minimum Gasteiger partial charge on any atom is -0.318 e. The van der Waals surface area contributed by atoms with E-state index in [9.17, 15) is 0 Å². The molecule has 26 rings (SSSR count). The van der Waals surface area contributed by atoms with Crippen molar-refractivity contribution in [3.8, 4) is 105 Å². The van der Waals surface area contributed by atoms with Crippen LogP contribution >= 0.6 is 46.5 Å². The first kappa shape index (κ1) is 93.6. The Labute approximate surface area is 871 Å². The number of ketones is 1. The Morgan fingerprint density at radius 1 is 0.333 bits per heavy atom. The molecule has 0 bridgehead atoms. The number of hydrogen-bond acceptors (Lipinski definition) is 9. The van der Waals surface area contributed by atoms with Crippen LogP contribution in [0.2, 0.25) is 0 Å². The maximum Gasteiger partial charge on any atom is 0.193 e. The van der Waals surface area contributed by atoms with Crippen LogP contribution in [0.5, 0.6) is 0 Å². The van der Waals surface area contributed by atoms with E-state index >= 15 is 4.79 Å². The number of hydrogen-bond donors (Lipinski definition) is 0. The fraction of sp³-hybridized carbons (Fsp3) is 0.0238. The SMILES string of the molecule is CC1(C)c2ccccc2P(c2cc[c-]c(-c3ccc4ccccc4n3)c2)c2ccccc21.O=C(c1cc(-c2ccccc2)cc(-c2ccccc2)c1)c1ccc2c(c1)Sc1cc(-c3nc(-c4ccccc4)nc(-c4ccccc4)n3)ccc1P2c1cc[c-]c(-c2cc3c(-c4ccccc4)cccc3cn2)c1.[Ir].[Ir].[Ir].[c-]1cc(-p2c3ccccc3c3c4ccccc4ccc32)sc1-c1nccc2ccccc12. The Hall–Kier alpha value is -13.7. The molecule has 0 spiro atoms. The molecule has 2 aliphatic heterocycles. The molecule has 18 aromatic carbocycles. The third-order valence-corrected chi connectivity index (χ3v) is 36.6. The molecule has 6 aromatic heterocycles. The van der Waals surface area contributed by atoms with Gasteiger partial charge in [-0.3, -0.25) is 9.78 Å². The van der Waals surface area contributed by atoms with E-state index in [-0.39, 0.29) is 71.5 Å². The van der Waals surface area contributed by atoms with Crippen LogP contribution in [0.3, 0.4) is 0 Å². The zero-order valence-electron chi connectivity index (χ0n) is 76.1. The molecule has 3 radical (unpaired) electrons. The van der Waals surface area contributed by atoms with Crippen molar-refractivity contribution in [1.82, 2.24) is 29.9 Å². The van der Waals surface area contributed by atoms with Crippen molar-refractivity contribution in [3.05, 3.63) is 502 Å². The van der Waals surface area contributed by atoms with Gasteiger partial charge in [0, 0.05) is 121 Å². The average molecular weight is 2430 g/mol. The standard InChI is InChI=1S/C67H42N4OPS.C30H23NP.C29H17NPS.3Ir/c72-64(55-37-53(44-18-6-1-7-19-44)36-54(38-55)45-20-8-2-9-21-45)50-32-34-60-62(40-50)74-63-41-51(67-70-65(47-24-12-4-13-25-47)69-66(71-67)48-26-14-5-15-27-48)33-35-61(63)73(60)56-30-16-28-49(39-56)59-42-58-52(43-68-59)29-17-31-57(58)46-22-10-3-11-23-46;1-30(2)24-13-4-7-16-28(24)32(29-17-8-5-14-25(29)30)23-12-9-11-22(20-23)27-19-18-21-10-3-6-15-26(21)31-27;1-3-9-21-19(7-1)13-14-25-28(21)23-11-5-6-12-24(23)31(25)27-16-15-26(32-27)29-22-10-4-2-8-20(22)17-18-30-29;;;/h1-27,29-43H;3-10,12-20H,1-2H3;1-14,16-18H;;;/q3*-1;;;. The molecule has 0 fully saturated rings. The Balaban J connectivity index is 0.000000144. The second-order valence-electron chi connectivity index (χ2n) is 34.9. The van der Waals surface area contributed by atoms with E-state index in [0.717, 1.165) is 120 Å². The van der Waals surface area contributed by atoms with E-state index in [1.807, 2.05) is 157 Å². The molecule has 0 saturated carbocycles. The third-order valence-electron chi connectivity index (χ3n) is 26.2. The monoisotopic (exact) mass is 2430 g/mol. The largest absolute Gasteiger partial charge is 0.318 e. The molecule has 0 N–H and O–H groups in total. The Bertz CT molecular complexity index is 8690. The number of rotatable bonds is 14. The van der Waals surface area contributed by atoms with Crippen molar-refractivity contribution < 1.29 is 65.1 Å². The summed E-state index contributed by atoms with van der Waals surface area (Å²) in [5.41, 5.74) is 19.1. The molecular formula is C126H82Ir3N6OP3S2-3. The number of aromatic nitrogens is 6. The first-order valence-electron chi connectivity index (χ1n) is 46.1. The molecule has 0 aliphatic carbocycles. The second-order valence-corrected chi connectivity index (χ2v) is 43.8. The van der Waals surface area contributed by atoms with Crippen LogP contribution in [0.25, 0.3) is 169 Å². The predicted molar refractivity (Wildman–Crippen MR) is 582 cm³/mol. The molecule has 0 amide bonds. The number of carbonyl (C=O) groups is 1. The molecule has 2 aliphatic rings. The Morgan fingerprint density at radius 2 is 0.844 bits per heavy atom. The Kier molecular flexibility index (Phi) is 27.1. The molecular weight excluding hydrogens is 2350 g/mol. The van der Waals surface area contributed by atoms with Crippen LogP contribution in [-0.4, -0.2) is 35.7 Å². The van der Waals surface area contributed by atoms with Gasteiger partial charge in [-0.1, -0.05) is 405 Å². The normalized spacial score (nSPS) is 12.8. The summed E-state index contributed by atoms with van der Waals surface area (Å²) in [4.78, 5) is 48.1. The summed E-state index contributed by atoms with van der Waals surface area (Å²) >= 11 is 3.53. The number of pyridine rings is 3. The fourth-order valence-electron chi connectivity index (χ4n) is 19.5. The molecule has 2 unspecified atom stereocenters. The summed E-state index contributed by atoms with van der Waals surface area (Å²) < 4.78 is 1.38. The summed E-state index contributed by atoms with van der Waals surface area (Å²) in [5.74, 6) is 1.76. The minimum absolute atomic E-state index is 0. The fourth-order valence-corrected chi connectivity index (χ4v) is 30.7. The zero-order chi connectivity index (χ0) is 92.2. The van der Waals surface area contributed by atoms with Crippen LogP contribution in [0.4, 0.5) is 0 Å². The van der Waals surface area contributed by atoms with Gasteiger partial charge < -0.3 is 9.97 Å². The van der Waals surface area contributed by atoms with Crippen molar-refractivity contribution in [1.29, 1.82) is 0 Å². The molecule has 7 nitrogen and oxygen atoms in total. The number of fused-ring (bicyclic) bond motifs is 12. The maximum absolute atomic E-state index is 15.0. The topological polar surface area (TPSA) is 94.4 Å². The van der Waals surface area contributed by atoms with Crippen molar-refractivity contribution in [2.75, 3.05) is 0 Å². The van der Waals surface area contributed by atoms with Crippen molar-refractivity contribution in [2.24, 2.45) is 0 Å². The van der Waals surface area contributed by atoms with Crippen LogP contribution < -0.4 is 31.8 Å².